The first-order valence-electron chi connectivity index (χ1n) is 9.57. The van der Waals surface area contributed by atoms with Gasteiger partial charge in [-0.3, -0.25) is 4.79 Å². The highest BCUT2D eigenvalue weighted by atomic mass is 16.5. The zero-order valence-electron chi connectivity index (χ0n) is 15.4. The minimum Gasteiger partial charge on any atom is -0.494 e. The van der Waals surface area contributed by atoms with Crippen molar-refractivity contribution in [1.29, 1.82) is 0 Å². The Kier molecular flexibility index (Phi) is 9.13. The van der Waals surface area contributed by atoms with Crippen molar-refractivity contribution in [3.63, 3.8) is 0 Å². The molecular formula is C21H31NO3. The van der Waals surface area contributed by atoms with Crippen LogP contribution in [0.4, 0.5) is 0 Å². The third-order valence-corrected chi connectivity index (χ3v) is 4.39. The summed E-state index contributed by atoms with van der Waals surface area (Å²) in [5.41, 5.74) is 1.01. The van der Waals surface area contributed by atoms with Crippen LogP contribution >= 0.6 is 0 Å². The maximum absolute atomic E-state index is 12.1. The van der Waals surface area contributed by atoms with E-state index in [2.05, 4.69) is 6.92 Å². The van der Waals surface area contributed by atoms with Gasteiger partial charge >= 0.3 is 0 Å². The fourth-order valence-corrected chi connectivity index (χ4v) is 2.80. The largest absolute Gasteiger partial charge is 0.494 e. The lowest BCUT2D eigenvalue weighted by molar-refractivity contribution is -0.129. The first kappa shape index (κ1) is 19.5. The van der Waals surface area contributed by atoms with Gasteiger partial charge in [-0.15, -0.1) is 0 Å². The summed E-state index contributed by atoms with van der Waals surface area (Å²) in [6.07, 6.45) is 11.1. The second kappa shape index (κ2) is 11.7. The number of amides is 1. The van der Waals surface area contributed by atoms with E-state index in [1.807, 2.05) is 35.2 Å². The fraction of sp³-hybridized carbons (Fsp3) is 0.571. The van der Waals surface area contributed by atoms with Crippen LogP contribution in [0, 0.1) is 0 Å². The number of hydrogen-bond donors (Lipinski definition) is 0. The maximum Gasteiger partial charge on any atom is 0.246 e. The van der Waals surface area contributed by atoms with E-state index >= 15 is 0 Å². The molecule has 0 radical (unpaired) electrons. The Morgan fingerprint density at radius 3 is 2.48 bits per heavy atom. The number of benzene rings is 1. The van der Waals surface area contributed by atoms with Crippen LogP contribution in [0.5, 0.6) is 5.75 Å². The molecule has 2 rings (SSSR count). The molecule has 0 aliphatic carbocycles. The zero-order chi connectivity index (χ0) is 17.7. The number of hydrogen-bond acceptors (Lipinski definition) is 3. The van der Waals surface area contributed by atoms with Crippen LogP contribution in [0.2, 0.25) is 0 Å². The smallest absolute Gasteiger partial charge is 0.246 e. The van der Waals surface area contributed by atoms with Gasteiger partial charge in [-0.05, 0) is 30.2 Å². The maximum atomic E-state index is 12.1. The van der Waals surface area contributed by atoms with Crippen molar-refractivity contribution in [3.8, 4) is 5.75 Å². The Bertz CT molecular complexity index is 518. The van der Waals surface area contributed by atoms with E-state index in [9.17, 15) is 4.79 Å². The Balaban J connectivity index is 1.66. The molecule has 1 saturated heterocycles. The second-order valence-electron chi connectivity index (χ2n) is 6.46. The Hall–Kier alpha value is -1.81. The number of unbranched alkanes of at least 4 members (excludes halogenated alkanes) is 5. The van der Waals surface area contributed by atoms with E-state index in [4.69, 9.17) is 9.47 Å². The van der Waals surface area contributed by atoms with Crippen molar-refractivity contribution >= 4 is 12.0 Å². The molecule has 1 heterocycles. The normalized spacial score (nSPS) is 14.8. The van der Waals surface area contributed by atoms with E-state index in [0.29, 0.717) is 26.3 Å². The van der Waals surface area contributed by atoms with E-state index < -0.39 is 0 Å². The lowest BCUT2D eigenvalue weighted by Crippen LogP contribution is -2.39. The lowest BCUT2D eigenvalue weighted by Gasteiger charge is -2.25. The van der Waals surface area contributed by atoms with E-state index in [1.54, 1.807) is 6.08 Å². The van der Waals surface area contributed by atoms with Crippen molar-refractivity contribution in [2.24, 2.45) is 0 Å². The van der Waals surface area contributed by atoms with Crippen LogP contribution in [0.15, 0.2) is 30.3 Å². The summed E-state index contributed by atoms with van der Waals surface area (Å²) < 4.78 is 11.0. The van der Waals surface area contributed by atoms with Gasteiger partial charge in [0.25, 0.3) is 0 Å². The highest BCUT2D eigenvalue weighted by Crippen LogP contribution is 2.14. The van der Waals surface area contributed by atoms with E-state index in [0.717, 1.165) is 24.3 Å². The van der Waals surface area contributed by atoms with Crippen LogP contribution in [0.1, 0.15) is 51.0 Å². The second-order valence-corrected chi connectivity index (χ2v) is 6.46. The minimum absolute atomic E-state index is 0.0479. The summed E-state index contributed by atoms with van der Waals surface area (Å²) in [7, 11) is 0. The van der Waals surface area contributed by atoms with Crippen LogP contribution in [0.3, 0.4) is 0 Å². The van der Waals surface area contributed by atoms with Crippen molar-refractivity contribution in [2.75, 3.05) is 32.9 Å². The quantitative estimate of drug-likeness (QED) is 0.469. The predicted octanol–water partition coefficient (Wildman–Crippen LogP) is 4.30. The van der Waals surface area contributed by atoms with Gasteiger partial charge in [-0.2, -0.15) is 0 Å². The molecule has 0 spiro atoms. The van der Waals surface area contributed by atoms with Crippen molar-refractivity contribution in [1.82, 2.24) is 4.90 Å². The third-order valence-electron chi connectivity index (χ3n) is 4.39. The Morgan fingerprint density at radius 2 is 1.76 bits per heavy atom. The molecule has 4 nitrogen and oxygen atoms in total. The van der Waals surface area contributed by atoms with E-state index in [-0.39, 0.29) is 5.91 Å². The average Bonchev–Trinajstić information content (AvgIpc) is 2.67. The third kappa shape index (κ3) is 7.74. The monoisotopic (exact) mass is 345 g/mol. The first-order valence-corrected chi connectivity index (χ1v) is 9.57. The standard InChI is InChI=1S/C21H31NO3/c1-2-3-4-5-6-7-16-25-20-11-8-19(9-12-20)10-13-21(23)22-14-17-24-18-15-22/h8-13H,2-7,14-18H2,1H3. The van der Waals surface area contributed by atoms with Crippen LogP contribution in [0.25, 0.3) is 6.08 Å². The molecule has 0 unspecified atom stereocenters. The van der Waals surface area contributed by atoms with Gasteiger partial charge in [-0.25, -0.2) is 0 Å². The molecule has 0 aromatic heterocycles. The molecule has 0 bridgehead atoms. The van der Waals surface area contributed by atoms with Gasteiger partial charge in [0.05, 0.1) is 19.8 Å². The fourth-order valence-electron chi connectivity index (χ4n) is 2.80. The Labute approximate surface area is 151 Å². The lowest BCUT2D eigenvalue weighted by atomic mass is 10.1. The Morgan fingerprint density at radius 1 is 1.08 bits per heavy atom. The molecular weight excluding hydrogens is 314 g/mol. The highest BCUT2D eigenvalue weighted by Gasteiger charge is 2.13. The number of nitrogens with zero attached hydrogens (tertiary/aromatic N) is 1. The number of ether oxygens (including phenoxy) is 2. The number of rotatable bonds is 10. The molecule has 1 aromatic carbocycles. The van der Waals surface area contributed by atoms with Gasteiger partial charge in [0, 0.05) is 19.2 Å². The van der Waals surface area contributed by atoms with Crippen molar-refractivity contribution < 1.29 is 14.3 Å². The molecule has 1 aliphatic heterocycles. The molecule has 25 heavy (non-hydrogen) atoms. The average molecular weight is 345 g/mol. The molecule has 4 heteroatoms. The molecule has 0 saturated carbocycles. The van der Waals surface area contributed by atoms with Gasteiger partial charge in [0.2, 0.25) is 5.91 Å². The predicted molar refractivity (Wildman–Crippen MR) is 102 cm³/mol. The summed E-state index contributed by atoms with van der Waals surface area (Å²) in [5, 5.41) is 0. The summed E-state index contributed by atoms with van der Waals surface area (Å²) >= 11 is 0. The van der Waals surface area contributed by atoms with Crippen molar-refractivity contribution in [3.05, 3.63) is 35.9 Å². The summed E-state index contributed by atoms with van der Waals surface area (Å²) in [6, 6.07) is 7.91. The van der Waals surface area contributed by atoms with Crippen LogP contribution in [-0.4, -0.2) is 43.7 Å². The van der Waals surface area contributed by atoms with Crippen LogP contribution in [-0.2, 0) is 9.53 Å². The molecule has 0 atom stereocenters. The molecule has 0 N–H and O–H groups in total. The molecule has 1 amide bonds. The SMILES string of the molecule is CCCCCCCCOc1ccc(C=CC(=O)N2CCOCC2)cc1. The first-order chi connectivity index (χ1) is 12.3. The molecule has 1 fully saturated rings. The highest BCUT2D eigenvalue weighted by molar-refractivity contribution is 5.91. The molecule has 1 aliphatic rings. The van der Waals surface area contributed by atoms with E-state index in [1.165, 1.54) is 32.1 Å². The summed E-state index contributed by atoms with van der Waals surface area (Å²) in [6.45, 7) is 5.62. The minimum atomic E-state index is 0.0479. The number of morpholine rings is 1. The molecule has 138 valence electrons. The van der Waals surface area contributed by atoms with Crippen LogP contribution < -0.4 is 4.74 Å². The topological polar surface area (TPSA) is 38.8 Å². The van der Waals surface area contributed by atoms with Gasteiger partial charge < -0.3 is 14.4 Å². The summed E-state index contributed by atoms with van der Waals surface area (Å²) in [5.74, 6) is 0.942. The van der Waals surface area contributed by atoms with Gasteiger partial charge in [-0.1, -0.05) is 51.2 Å². The number of carbonyl (C=O) groups is 1. The van der Waals surface area contributed by atoms with Gasteiger partial charge in [0.15, 0.2) is 0 Å². The molecule has 1 aromatic rings. The number of carbonyl (C=O) groups excluding carboxylic acids is 1. The zero-order valence-corrected chi connectivity index (χ0v) is 15.4. The summed E-state index contributed by atoms with van der Waals surface area (Å²) in [4.78, 5) is 13.9. The van der Waals surface area contributed by atoms with Gasteiger partial charge in [0.1, 0.15) is 5.75 Å². The van der Waals surface area contributed by atoms with Crippen molar-refractivity contribution in [2.45, 2.75) is 45.4 Å².